The van der Waals surface area contributed by atoms with Crippen LogP contribution in [0.15, 0.2) is 48.6 Å². The Hall–Kier alpha value is -1.58. The summed E-state index contributed by atoms with van der Waals surface area (Å²) in [4.78, 5) is 0. The molecule has 0 fully saturated rings. The number of allylic oxidation sites excluding steroid dienone is 2. The molecule has 1 aliphatic carbocycles. The minimum Gasteiger partial charge on any atom is -0.399 e. The van der Waals surface area contributed by atoms with Gasteiger partial charge in [0.05, 0.1) is 6.04 Å². The van der Waals surface area contributed by atoms with Gasteiger partial charge in [0.2, 0.25) is 0 Å². The Labute approximate surface area is 114 Å². The van der Waals surface area contributed by atoms with Crippen LogP contribution in [-0.2, 0) is 6.42 Å². The van der Waals surface area contributed by atoms with Crippen molar-refractivity contribution in [2.45, 2.75) is 31.4 Å². The molecule has 0 aliphatic heterocycles. The highest BCUT2D eigenvalue weighted by molar-refractivity contribution is 5.39. The predicted molar refractivity (Wildman–Crippen MR) is 79.9 cm³/mol. The summed E-state index contributed by atoms with van der Waals surface area (Å²) in [5.41, 5.74) is 6.93. The summed E-state index contributed by atoms with van der Waals surface area (Å²) in [6.45, 7) is 2.83. The third-order valence-electron chi connectivity index (χ3n) is 3.66. The first-order chi connectivity index (χ1) is 9.14. The Morgan fingerprint density at radius 2 is 2.00 bits per heavy atom. The summed E-state index contributed by atoms with van der Waals surface area (Å²) in [7, 11) is 0. The minimum absolute atomic E-state index is 0.0173. The van der Waals surface area contributed by atoms with Gasteiger partial charge < -0.3 is 16.2 Å². The molecule has 0 aromatic heterocycles. The third-order valence-corrected chi connectivity index (χ3v) is 3.66. The van der Waals surface area contributed by atoms with E-state index in [0.717, 1.165) is 18.7 Å². The van der Waals surface area contributed by atoms with Gasteiger partial charge in [0.1, 0.15) is 5.60 Å². The molecule has 0 bridgehead atoms. The fraction of sp³-hybridized carbons (Fsp3) is 0.375. The summed E-state index contributed by atoms with van der Waals surface area (Å²) in [5, 5.41) is 13.9. The lowest BCUT2D eigenvalue weighted by molar-refractivity contribution is 0.0598. The van der Waals surface area contributed by atoms with E-state index in [9.17, 15) is 5.11 Å². The van der Waals surface area contributed by atoms with E-state index in [2.05, 4.69) is 5.32 Å². The Balaban J connectivity index is 1.87. The maximum absolute atomic E-state index is 10.5. The molecular weight excluding hydrogens is 236 g/mol. The second kappa shape index (κ2) is 6.04. The number of nitrogen functional groups attached to an aromatic ring is 1. The van der Waals surface area contributed by atoms with Crippen molar-refractivity contribution in [3.8, 4) is 0 Å². The molecule has 3 nitrogen and oxygen atoms in total. The quantitative estimate of drug-likeness (QED) is 0.708. The van der Waals surface area contributed by atoms with Crippen LogP contribution in [0.2, 0.25) is 0 Å². The van der Waals surface area contributed by atoms with E-state index in [0.29, 0.717) is 6.42 Å². The van der Waals surface area contributed by atoms with Crippen LogP contribution in [0.25, 0.3) is 0 Å². The molecule has 0 heterocycles. The largest absolute Gasteiger partial charge is 0.399 e. The van der Waals surface area contributed by atoms with Crippen molar-refractivity contribution in [2.75, 3.05) is 12.3 Å². The number of rotatable bonds is 5. The zero-order valence-electron chi connectivity index (χ0n) is 11.3. The number of aliphatic hydroxyl groups is 1. The van der Waals surface area contributed by atoms with Crippen LogP contribution in [0.1, 0.15) is 18.9 Å². The number of benzene rings is 1. The Morgan fingerprint density at radius 3 is 2.68 bits per heavy atom. The average Bonchev–Trinajstić information content (AvgIpc) is 2.43. The van der Waals surface area contributed by atoms with E-state index in [1.807, 2.05) is 55.5 Å². The predicted octanol–water partition coefficient (Wildman–Crippen LogP) is 2.04. The lowest BCUT2D eigenvalue weighted by Crippen LogP contribution is -2.49. The van der Waals surface area contributed by atoms with Crippen molar-refractivity contribution >= 4 is 5.69 Å². The fourth-order valence-corrected chi connectivity index (χ4v) is 2.31. The first-order valence-electron chi connectivity index (χ1n) is 6.80. The molecular formula is C16H22N2O. The number of nitrogens with two attached hydrogens (primary N) is 1. The molecule has 1 aromatic carbocycles. The first-order valence-corrected chi connectivity index (χ1v) is 6.80. The number of anilines is 1. The molecule has 0 spiro atoms. The smallest absolute Gasteiger partial charge is 0.102 e. The standard InChI is InChI=1S/C16H22N2O/c1-2-16(19)11-4-3-5-15(16)18-12-10-13-6-8-14(17)9-7-13/h3-9,11,15,18-19H,2,10,12,17H2,1H3/t15?,16-/m1/s1. The van der Waals surface area contributed by atoms with Crippen molar-refractivity contribution in [1.82, 2.24) is 5.32 Å². The van der Waals surface area contributed by atoms with Crippen LogP contribution >= 0.6 is 0 Å². The van der Waals surface area contributed by atoms with Crippen LogP contribution in [0.5, 0.6) is 0 Å². The average molecular weight is 258 g/mol. The lowest BCUT2D eigenvalue weighted by atomic mass is 9.87. The summed E-state index contributed by atoms with van der Waals surface area (Å²) >= 11 is 0. The molecule has 2 atom stereocenters. The number of hydrogen-bond acceptors (Lipinski definition) is 3. The van der Waals surface area contributed by atoms with Crippen molar-refractivity contribution in [2.24, 2.45) is 0 Å². The Kier molecular flexibility index (Phi) is 4.40. The van der Waals surface area contributed by atoms with Crippen molar-refractivity contribution < 1.29 is 5.11 Å². The van der Waals surface area contributed by atoms with Crippen LogP contribution in [-0.4, -0.2) is 23.3 Å². The number of nitrogens with one attached hydrogen (secondary N) is 1. The van der Waals surface area contributed by atoms with Gasteiger partial charge in [0, 0.05) is 5.69 Å². The maximum atomic E-state index is 10.5. The van der Waals surface area contributed by atoms with E-state index >= 15 is 0 Å². The molecule has 0 saturated carbocycles. The fourth-order valence-electron chi connectivity index (χ4n) is 2.31. The molecule has 19 heavy (non-hydrogen) atoms. The topological polar surface area (TPSA) is 58.3 Å². The molecule has 0 amide bonds. The SMILES string of the molecule is CC[C@@]1(O)C=CC=CC1NCCc1ccc(N)cc1. The molecule has 0 radical (unpaired) electrons. The summed E-state index contributed by atoms with van der Waals surface area (Å²) < 4.78 is 0. The van der Waals surface area contributed by atoms with Crippen molar-refractivity contribution in [3.63, 3.8) is 0 Å². The highest BCUT2D eigenvalue weighted by Crippen LogP contribution is 2.21. The van der Waals surface area contributed by atoms with Crippen LogP contribution in [0, 0.1) is 0 Å². The highest BCUT2D eigenvalue weighted by Gasteiger charge is 2.31. The lowest BCUT2D eigenvalue weighted by Gasteiger charge is -2.33. The summed E-state index contributed by atoms with van der Waals surface area (Å²) in [5.74, 6) is 0. The highest BCUT2D eigenvalue weighted by atomic mass is 16.3. The zero-order valence-corrected chi connectivity index (χ0v) is 11.3. The van der Waals surface area contributed by atoms with Gasteiger partial charge in [-0.3, -0.25) is 0 Å². The third kappa shape index (κ3) is 3.46. The summed E-state index contributed by atoms with van der Waals surface area (Å²) in [6, 6.07) is 7.90. The molecule has 0 saturated heterocycles. The first kappa shape index (κ1) is 13.8. The Bertz CT molecular complexity index is 464. The molecule has 1 aromatic rings. The van der Waals surface area contributed by atoms with Gasteiger partial charge in [-0.25, -0.2) is 0 Å². The molecule has 1 aliphatic rings. The second-order valence-corrected chi connectivity index (χ2v) is 5.01. The van der Waals surface area contributed by atoms with E-state index in [1.165, 1.54) is 5.56 Å². The van der Waals surface area contributed by atoms with Crippen LogP contribution in [0.3, 0.4) is 0 Å². The van der Waals surface area contributed by atoms with E-state index in [1.54, 1.807) is 0 Å². The van der Waals surface area contributed by atoms with E-state index in [-0.39, 0.29) is 6.04 Å². The van der Waals surface area contributed by atoms with Gasteiger partial charge in [-0.2, -0.15) is 0 Å². The van der Waals surface area contributed by atoms with Gasteiger partial charge in [-0.1, -0.05) is 43.4 Å². The summed E-state index contributed by atoms with van der Waals surface area (Å²) in [6.07, 6.45) is 9.40. The maximum Gasteiger partial charge on any atom is 0.102 e. The number of hydrogen-bond donors (Lipinski definition) is 3. The van der Waals surface area contributed by atoms with Gasteiger partial charge in [-0.05, 0) is 37.1 Å². The molecule has 102 valence electrons. The second-order valence-electron chi connectivity index (χ2n) is 5.01. The van der Waals surface area contributed by atoms with Crippen molar-refractivity contribution in [1.29, 1.82) is 0 Å². The monoisotopic (exact) mass is 258 g/mol. The molecule has 2 rings (SSSR count). The van der Waals surface area contributed by atoms with Crippen LogP contribution in [0.4, 0.5) is 5.69 Å². The van der Waals surface area contributed by atoms with Gasteiger partial charge in [0.15, 0.2) is 0 Å². The van der Waals surface area contributed by atoms with Crippen LogP contribution < -0.4 is 11.1 Å². The van der Waals surface area contributed by atoms with Gasteiger partial charge in [0.25, 0.3) is 0 Å². The molecule has 1 unspecified atom stereocenters. The molecule has 3 heteroatoms. The normalized spacial score (nSPS) is 25.7. The Morgan fingerprint density at radius 1 is 1.26 bits per heavy atom. The van der Waals surface area contributed by atoms with E-state index < -0.39 is 5.60 Å². The molecule has 4 N–H and O–H groups in total. The minimum atomic E-state index is -0.768. The van der Waals surface area contributed by atoms with Crippen molar-refractivity contribution in [3.05, 3.63) is 54.1 Å². The zero-order chi connectivity index (χ0) is 13.7. The van der Waals surface area contributed by atoms with E-state index in [4.69, 9.17) is 5.73 Å². The van der Waals surface area contributed by atoms with Gasteiger partial charge in [-0.15, -0.1) is 0 Å². The van der Waals surface area contributed by atoms with Gasteiger partial charge >= 0.3 is 0 Å².